The van der Waals surface area contributed by atoms with Crippen molar-refractivity contribution in [1.29, 1.82) is 0 Å². The number of hydrogen-bond donors (Lipinski definition) is 1. The normalized spacial score (nSPS) is 10.7. The van der Waals surface area contributed by atoms with Gasteiger partial charge in [0.1, 0.15) is 0 Å². The standard InChI is InChI=1S/C18H31NOS/c1-2-3-4-5-6-7-8-9-10-11-14-19-18(20)16-17-13-12-15-21-17/h12-13,15H,2-11,14,16H2,1H3,(H,19,20). The fourth-order valence-electron chi connectivity index (χ4n) is 2.47. The van der Waals surface area contributed by atoms with Gasteiger partial charge in [0.25, 0.3) is 0 Å². The second-order valence-corrected chi connectivity index (χ2v) is 6.82. The highest BCUT2D eigenvalue weighted by molar-refractivity contribution is 7.10. The maximum atomic E-state index is 11.7. The van der Waals surface area contributed by atoms with Gasteiger partial charge in [-0.2, -0.15) is 0 Å². The zero-order valence-electron chi connectivity index (χ0n) is 13.5. The molecule has 0 spiro atoms. The van der Waals surface area contributed by atoms with Crippen LogP contribution in [0.2, 0.25) is 0 Å². The molecule has 0 radical (unpaired) electrons. The summed E-state index contributed by atoms with van der Waals surface area (Å²) in [5.41, 5.74) is 0. The van der Waals surface area contributed by atoms with Crippen LogP contribution in [0.1, 0.15) is 76.0 Å². The topological polar surface area (TPSA) is 29.1 Å². The van der Waals surface area contributed by atoms with Gasteiger partial charge >= 0.3 is 0 Å². The molecule has 1 rings (SSSR count). The fourth-order valence-corrected chi connectivity index (χ4v) is 3.18. The van der Waals surface area contributed by atoms with Crippen LogP contribution in [-0.4, -0.2) is 12.5 Å². The summed E-state index contributed by atoms with van der Waals surface area (Å²) in [5, 5.41) is 5.03. The van der Waals surface area contributed by atoms with Gasteiger partial charge in [-0.25, -0.2) is 0 Å². The molecule has 0 aliphatic rings. The van der Waals surface area contributed by atoms with Crippen LogP contribution in [-0.2, 0) is 11.2 Å². The van der Waals surface area contributed by atoms with Crippen molar-refractivity contribution in [3.63, 3.8) is 0 Å². The van der Waals surface area contributed by atoms with Gasteiger partial charge in [0, 0.05) is 11.4 Å². The molecule has 0 fully saturated rings. The van der Waals surface area contributed by atoms with Crippen molar-refractivity contribution >= 4 is 17.2 Å². The Morgan fingerprint density at radius 1 is 1.00 bits per heavy atom. The van der Waals surface area contributed by atoms with Gasteiger partial charge in [-0.05, 0) is 17.9 Å². The first-order valence-electron chi connectivity index (χ1n) is 8.62. The number of carbonyl (C=O) groups excluding carboxylic acids is 1. The lowest BCUT2D eigenvalue weighted by atomic mass is 10.1. The number of amides is 1. The first kappa shape index (κ1) is 18.2. The fraction of sp³-hybridized carbons (Fsp3) is 0.722. The Balaban J connectivity index is 1.81. The summed E-state index contributed by atoms with van der Waals surface area (Å²) in [6.45, 7) is 3.10. The molecule has 0 aromatic carbocycles. The van der Waals surface area contributed by atoms with E-state index >= 15 is 0 Å². The minimum absolute atomic E-state index is 0.161. The van der Waals surface area contributed by atoms with Crippen LogP contribution in [0.4, 0.5) is 0 Å². The van der Waals surface area contributed by atoms with Gasteiger partial charge in [-0.15, -0.1) is 11.3 Å². The van der Waals surface area contributed by atoms with Crippen molar-refractivity contribution < 1.29 is 4.79 Å². The summed E-state index contributed by atoms with van der Waals surface area (Å²) in [6.07, 6.45) is 13.9. The number of unbranched alkanes of at least 4 members (excludes halogenated alkanes) is 9. The monoisotopic (exact) mass is 309 g/mol. The van der Waals surface area contributed by atoms with Crippen molar-refractivity contribution in [3.8, 4) is 0 Å². The molecule has 0 unspecified atom stereocenters. The van der Waals surface area contributed by atoms with E-state index in [-0.39, 0.29) is 5.91 Å². The zero-order chi connectivity index (χ0) is 15.2. The smallest absolute Gasteiger partial charge is 0.225 e. The van der Waals surface area contributed by atoms with Crippen LogP contribution in [0.3, 0.4) is 0 Å². The van der Waals surface area contributed by atoms with Gasteiger partial charge in [-0.3, -0.25) is 4.79 Å². The highest BCUT2D eigenvalue weighted by Gasteiger charge is 2.02. The van der Waals surface area contributed by atoms with Crippen LogP contribution in [0.5, 0.6) is 0 Å². The van der Waals surface area contributed by atoms with Gasteiger partial charge in [-0.1, -0.05) is 70.8 Å². The lowest BCUT2D eigenvalue weighted by Crippen LogP contribution is -2.25. The van der Waals surface area contributed by atoms with E-state index < -0.39 is 0 Å². The van der Waals surface area contributed by atoms with Crippen molar-refractivity contribution in [2.45, 2.75) is 77.6 Å². The Labute approximate surface area is 134 Å². The molecule has 0 aliphatic carbocycles. The molecule has 1 amide bonds. The summed E-state index contributed by atoms with van der Waals surface area (Å²) >= 11 is 1.65. The third-order valence-electron chi connectivity index (χ3n) is 3.77. The number of thiophene rings is 1. The highest BCUT2D eigenvalue weighted by atomic mass is 32.1. The van der Waals surface area contributed by atoms with E-state index in [2.05, 4.69) is 12.2 Å². The molecule has 0 saturated heterocycles. The average Bonchev–Trinajstić information content (AvgIpc) is 2.97. The van der Waals surface area contributed by atoms with E-state index in [0.717, 1.165) is 17.8 Å². The molecular weight excluding hydrogens is 278 g/mol. The van der Waals surface area contributed by atoms with E-state index in [1.807, 2.05) is 17.5 Å². The number of hydrogen-bond acceptors (Lipinski definition) is 2. The van der Waals surface area contributed by atoms with Crippen molar-refractivity contribution in [2.24, 2.45) is 0 Å². The summed E-state index contributed by atoms with van der Waals surface area (Å²) in [5.74, 6) is 0.161. The largest absolute Gasteiger partial charge is 0.356 e. The average molecular weight is 310 g/mol. The second-order valence-electron chi connectivity index (χ2n) is 5.79. The van der Waals surface area contributed by atoms with Crippen LogP contribution in [0, 0.1) is 0 Å². The minimum atomic E-state index is 0.161. The van der Waals surface area contributed by atoms with Crippen LogP contribution in [0.15, 0.2) is 17.5 Å². The molecule has 120 valence electrons. The number of carbonyl (C=O) groups is 1. The summed E-state index contributed by atoms with van der Waals surface area (Å²) < 4.78 is 0. The maximum absolute atomic E-state index is 11.7. The van der Waals surface area contributed by atoms with Gasteiger partial charge in [0.05, 0.1) is 6.42 Å². The minimum Gasteiger partial charge on any atom is -0.356 e. The molecule has 3 heteroatoms. The molecule has 0 saturated carbocycles. The molecule has 0 atom stereocenters. The van der Waals surface area contributed by atoms with E-state index in [0.29, 0.717) is 6.42 Å². The predicted octanol–water partition coefficient (Wildman–Crippen LogP) is 5.33. The first-order valence-corrected chi connectivity index (χ1v) is 9.50. The third kappa shape index (κ3) is 10.5. The molecule has 21 heavy (non-hydrogen) atoms. The summed E-state index contributed by atoms with van der Waals surface area (Å²) in [6, 6.07) is 4.01. The van der Waals surface area contributed by atoms with Crippen LogP contribution < -0.4 is 5.32 Å². The van der Waals surface area contributed by atoms with Crippen molar-refractivity contribution in [3.05, 3.63) is 22.4 Å². The summed E-state index contributed by atoms with van der Waals surface area (Å²) in [4.78, 5) is 12.8. The first-order chi connectivity index (χ1) is 10.3. The van der Waals surface area contributed by atoms with E-state index in [1.165, 1.54) is 57.8 Å². The van der Waals surface area contributed by atoms with E-state index in [1.54, 1.807) is 11.3 Å². The molecule has 1 N–H and O–H groups in total. The molecule has 1 heterocycles. The SMILES string of the molecule is CCCCCCCCCCCCNC(=O)Cc1cccs1. The molecule has 0 aliphatic heterocycles. The van der Waals surface area contributed by atoms with Crippen LogP contribution in [0.25, 0.3) is 0 Å². The lowest BCUT2D eigenvalue weighted by molar-refractivity contribution is -0.120. The Hall–Kier alpha value is -0.830. The number of nitrogens with one attached hydrogen (secondary N) is 1. The molecule has 2 nitrogen and oxygen atoms in total. The zero-order valence-corrected chi connectivity index (χ0v) is 14.4. The second kappa shape index (κ2) is 12.9. The Morgan fingerprint density at radius 2 is 1.62 bits per heavy atom. The van der Waals surface area contributed by atoms with Gasteiger partial charge in [0.2, 0.25) is 5.91 Å². The predicted molar refractivity (Wildman–Crippen MR) is 92.9 cm³/mol. The van der Waals surface area contributed by atoms with Crippen molar-refractivity contribution in [2.75, 3.05) is 6.54 Å². The number of rotatable bonds is 13. The molecular formula is C18H31NOS. The van der Waals surface area contributed by atoms with E-state index in [4.69, 9.17) is 0 Å². The van der Waals surface area contributed by atoms with E-state index in [9.17, 15) is 4.79 Å². The Kier molecular flexibility index (Phi) is 11.2. The Bertz CT molecular complexity index is 348. The summed E-state index contributed by atoms with van der Waals surface area (Å²) in [7, 11) is 0. The highest BCUT2D eigenvalue weighted by Crippen LogP contribution is 2.10. The quantitative estimate of drug-likeness (QED) is 0.490. The van der Waals surface area contributed by atoms with Crippen LogP contribution >= 0.6 is 11.3 Å². The lowest BCUT2D eigenvalue weighted by Gasteiger charge is -2.05. The van der Waals surface area contributed by atoms with Gasteiger partial charge < -0.3 is 5.32 Å². The van der Waals surface area contributed by atoms with Crippen molar-refractivity contribution in [1.82, 2.24) is 5.32 Å². The Morgan fingerprint density at radius 3 is 2.19 bits per heavy atom. The molecule has 0 bridgehead atoms. The van der Waals surface area contributed by atoms with Gasteiger partial charge in [0.15, 0.2) is 0 Å². The third-order valence-corrected chi connectivity index (χ3v) is 4.64. The molecule has 1 aromatic rings. The maximum Gasteiger partial charge on any atom is 0.225 e. The molecule has 1 aromatic heterocycles.